The minimum Gasteiger partial charge on any atom is -0.481 e. The van der Waals surface area contributed by atoms with Crippen LogP contribution in [0.2, 0.25) is 0 Å². The minimum atomic E-state index is -0.682. The summed E-state index contributed by atoms with van der Waals surface area (Å²) in [4.78, 5) is 9.87. The van der Waals surface area contributed by atoms with Gasteiger partial charge in [0.1, 0.15) is 0 Å². The van der Waals surface area contributed by atoms with E-state index in [4.69, 9.17) is 5.11 Å². The van der Waals surface area contributed by atoms with Crippen molar-refractivity contribution in [3.63, 3.8) is 0 Å². The second-order valence-electron chi connectivity index (χ2n) is 2.70. The highest BCUT2D eigenvalue weighted by molar-refractivity contribution is 5.66. The van der Waals surface area contributed by atoms with Gasteiger partial charge in [-0.3, -0.25) is 4.79 Å². The van der Waals surface area contributed by atoms with Crippen molar-refractivity contribution in [3.05, 3.63) is 6.92 Å². The van der Waals surface area contributed by atoms with Gasteiger partial charge in [-0.25, -0.2) is 0 Å². The number of rotatable bonds is 5. The Labute approximate surface area is 76.0 Å². The lowest BCUT2D eigenvalue weighted by Gasteiger charge is -1.89. The molecule has 1 radical (unpaired) electrons. The van der Waals surface area contributed by atoms with Crippen LogP contribution in [0.4, 0.5) is 0 Å². The average molecular weight is 173 g/mol. The number of carbonyl (C=O) groups is 1. The van der Waals surface area contributed by atoms with Crippen molar-refractivity contribution >= 4 is 5.97 Å². The van der Waals surface area contributed by atoms with E-state index < -0.39 is 5.97 Å². The van der Waals surface area contributed by atoms with Gasteiger partial charge in [-0.1, -0.05) is 46.5 Å². The van der Waals surface area contributed by atoms with Crippen LogP contribution in [0.5, 0.6) is 0 Å². The summed E-state index contributed by atoms with van der Waals surface area (Å²) in [6.45, 7) is 7.78. The van der Waals surface area contributed by atoms with E-state index in [0.717, 1.165) is 25.7 Å². The fourth-order valence-electron chi connectivity index (χ4n) is 0.526. The van der Waals surface area contributed by atoms with Gasteiger partial charge in [0.05, 0.1) is 0 Å². The third-order valence-electron chi connectivity index (χ3n) is 1.35. The van der Waals surface area contributed by atoms with E-state index in [-0.39, 0.29) is 0 Å². The molecule has 0 heterocycles. The van der Waals surface area contributed by atoms with Gasteiger partial charge in [-0.05, 0) is 6.42 Å². The highest BCUT2D eigenvalue weighted by Crippen LogP contribution is 1.97. The summed E-state index contributed by atoms with van der Waals surface area (Å²) in [5, 5.41) is 8.14. The number of unbranched alkanes of at least 4 members (excludes halogenated alkanes) is 3. The van der Waals surface area contributed by atoms with Crippen LogP contribution in [0.3, 0.4) is 0 Å². The number of carboxylic acid groups (broad SMARTS) is 1. The third kappa shape index (κ3) is 22.7. The van der Waals surface area contributed by atoms with Gasteiger partial charge in [-0.15, -0.1) is 0 Å². The van der Waals surface area contributed by atoms with Crippen molar-refractivity contribution in [3.8, 4) is 0 Å². The smallest absolute Gasteiger partial charge is 0.303 e. The van der Waals surface area contributed by atoms with E-state index in [1.165, 1.54) is 6.42 Å². The quantitative estimate of drug-likeness (QED) is 0.648. The average Bonchev–Trinajstić information content (AvgIpc) is 2.05. The van der Waals surface area contributed by atoms with Gasteiger partial charge < -0.3 is 5.11 Å². The van der Waals surface area contributed by atoms with Crippen LogP contribution in [-0.4, -0.2) is 11.1 Å². The van der Waals surface area contributed by atoms with Crippen molar-refractivity contribution in [2.24, 2.45) is 0 Å². The summed E-state index contributed by atoms with van der Waals surface area (Å²) in [5.74, 6) is -0.682. The fraction of sp³-hybridized carbons (Fsp3) is 0.800. The molecular weight excluding hydrogens is 152 g/mol. The number of aliphatic carboxylic acids is 1. The molecule has 0 bridgehead atoms. The van der Waals surface area contributed by atoms with Gasteiger partial charge >= 0.3 is 5.97 Å². The molecule has 0 saturated heterocycles. The van der Waals surface area contributed by atoms with Gasteiger partial charge in [-0.2, -0.15) is 0 Å². The number of hydrogen-bond acceptors (Lipinski definition) is 1. The summed E-state index contributed by atoms with van der Waals surface area (Å²) in [6.07, 6.45) is 5.55. The van der Waals surface area contributed by atoms with Crippen molar-refractivity contribution in [2.45, 2.75) is 52.4 Å². The van der Waals surface area contributed by atoms with E-state index in [1.54, 1.807) is 0 Å². The molecule has 2 nitrogen and oxygen atoms in total. The van der Waals surface area contributed by atoms with Crippen LogP contribution < -0.4 is 0 Å². The van der Waals surface area contributed by atoms with Gasteiger partial charge in [0.2, 0.25) is 0 Å². The van der Waals surface area contributed by atoms with Crippen LogP contribution in [-0.2, 0) is 4.79 Å². The predicted octanol–water partition coefficient (Wildman–Crippen LogP) is 3.27. The van der Waals surface area contributed by atoms with E-state index in [1.807, 2.05) is 0 Å². The van der Waals surface area contributed by atoms with Gasteiger partial charge in [0.25, 0.3) is 0 Å². The van der Waals surface area contributed by atoms with Gasteiger partial charge in [0.15, 0.2) is 0 Å². The Kier molecular flexibility index (Phi) is 15.3. The van der Waals surface area contributed by atoms with Crippen LogP contribution >= 0.6 is 0 Å². The molecule has 0 fully saturated rings. The molecule has 0 aromatic rings. The number of hydrogen-bond donors (Lipinski definition) is 1. The zero-order valence-electron chi connectivity index (χ0n) is 8.31. The lowest BCUT2D eigenvalue weighted by atomic mass is 10.2. The monoisotopic (exact) mass is 173 g/mol. The lowest BCUT2D eigenvalue weighted by molar-refractivity contribution is -0.137. The molecule has 0 aliphatic heterocycles. The lowest BCUT2D eigenvalue weighted by Crippen LogP contribution is -1.92. The summed E-state index contributed by atoms with van der Waals surface area (Å²) in [6, 6.07) is 0. The maximum atomic E-state index is 9.87. The molecule has 2 heteroatoms. The van der Waals surface area contributed by atoms with E-state index in [0.29, 0.717) is 6.42 Å². The van der Waals surface area contributed by atoms with Crippen molar-refractivity contribution < 1.29 is 9.90 Å². The first-order valence-corrected chi connectivity index (χ1v) is 4.70. The molecule has 0 unspecified atom stereocenters. The molecule has 0 spiro atoms. The van der Waals surface area contributed by atoms with E-state index in [9.17, 15) is 4.79 Å². The van der Waals surface area contributed by atoms with Crippen LogP contribution in [0, 0.1) is 6.92 Å². The molecule has 0 aromatic carbocycles. The topological polar surface area (TPSA) is 37.3 Å². The Morgan fingerprint density at radius 1 is 1.25 bits per heavy atom. The number of carboxylic acids is 1. The zero-order chi connectivity index (χ0) is 9.82. The zero-order valence-corrected chi connectivity index (χ0v) is 8.31. The molecule has 12 heavy (non-hydrogen) atoms. The predicted molar refractivity (Wildman–Crippen MR) is 52.0 cm³/mol. The van der Waals surface area contributed by atoms with Crippen LogP contribution in [0.25, 0.3) is 0 Å². The van der Waals surface area contributed by atoms with Crippen molar-refractivity contribution in [1.29, 1.82) is 0 Å². The molecule has 0 aliphatic carbocycles. The molecule has 0 saturated carbocycles. The standard InChI is InChI=1S/C6H12O2.C4H9/c1-2-3-4-5-6(7)8;1-3-4-2/h2-5H2,1H3,(H,7,8);1,3-4H2,2H3. The maximum Gasteiger partial charge on any atom is 0.303 e. The summed E-state index contributed by atoms with van der Waals surface area (Å²) in [7, 11) is 0. The molecular formula is C10H21O2. The first-order valence-electron chi connectivity index (χ1n) is 4.70. The SMILES string of the molecule is CCCCCC(=O)O.[CH2]CCC. The van der Waals surface area contributed by atoms with E-state index >= 15 is 0 Å². The van der Waals surface area contributed by atoms with Crippen molar-refractivity contribution in [1.82, 2.24) is 0 Å². The van der Waals surface area contributed by atoms with E-state index in [2.05, 4.69) is 20.8 Å². The summed E-state index contributed by atoms with van der Waals surface area (Å²) < 4.78 is 0. The second-order valence-corrected chi connectivity index (χ2v) is 2.70. The Morgan fingerprint density at radius 3 is 2.00 bits per heavy atom. The summed E-state index contributed by atoms with van der Waals surface area (Å²) >= 11 is 0. The molecule has 0 rings (SSSR count). The third-order valence-corrected chi connectivity index (χ3v) is 1.35. The minimum absolute atomic E-state index is 0.327. The molecule has 0 amide bonds. The van der Waals surface area contributed by atoms with Crippen molar-refractivity contribution in [2.75, 3.05) is 0 Å². The second kappa shape index (κ2) is 13.1. The highest BCUT2D eigenvalue weighted by atomic mass is 16.4. The van der Waals surface area contributed by atoms with Crippen LogP contribution in [0.1, 0.15) is 52.4 Å². The molecule has 0 aliphatic rings. The molecule has 73 valence electrons. The first-order chi connectivity index (χ1) is 5.68. The molecule has 0 atom stereocenters. The fourth-order valence-corrected chi connectivity index (χ4v) is 0.526. The Bertz CT molecular complexity index is 87.8. The largest absolute Gasteiger partial charge is 0.481 e. The Morgan fingerprint density at radius 2 is 1.75 bits per heavy atom. The normalized spacial score (nSPS) is 8.58. The van der Waals surface area contributed by atoms with Gasteiger partial charge in [0, 0.05) is 6.42 Å². The molecule has 0 aromatic heterocycles. The summed E-state index contributed by atoms with van der Waals surface area (Å²) in [5.41, 5.74) is 0. The molecule has 1 N–H and O–H groups in total. The Hall–Kier alpha value is -0.530. The van der Waals surface area contributed by atoms with Crippen LogP contribution in [0.15, 0.2) is 0 Å². The first kappa shape index (κ1) is 14.0. The highest BCUT2D eigenvalue weighted by Gasteiger charge is 1.92. The Balaban J connectivity index is 0. The maximum absolute atomic E-state index is 9.87.